The molecule has 4 rings (SSSR count). The molecule has 152 valence electrons. The molecule has 0 aliphatic carbocycles. The summed E-state index contributed by atoms with van der Waals surface area (Å²) in [6.45, 7) is 3.56. The second kappa shape index (κ2) is 9.55. The molecule has 3 aromatic rings. The molecule has 7 heteroatoms. The molecule has 0 bridgehead atoms. The second-order valence-corrected chi connectivity index (χ2v) is 8.12. The molecular weight excluding hydrogens is 452 g/mol. The quantitative estimate of drug-likeness (QED) is 0.514. The number of carbonyl (C=O) groups is 1. The summed E-state index contributed by atoms with van der Waals surface area (Å²) in [6, 6.07) is 11.9. The van der Waals surface area contributed by atoms with E-state index in [0.717, 1.165) is 52.9 Å². The Morgan fingerprint density at radius 3 is 2.41 bits per heavy atom. The van der Waals surface area contributed by atoms with Crippen molar-refractivity contribution in [3.05, 3.63) is 58.3 Å². The van der Waals surface area contributed by atoms with Gasteiger partial charge in [0.1, 0.15) is 0 Å². The minimum atomic E-state index is 0. The zero-order valence-corrected chi connectivity index (χ0v) is 18.7. The van der Waals surface area contributed by atoms with Gasteiger partial charge in [-0.2, -0.15) is 0 Å². The standard InChI is InChI=1S/C22H23BrN4O.ClH/c1-15-6-11-18-20(26-17-9-7-16(23)8-10-17)19(14-24-21(18)25-15)22(28)27-12-4-2-3-5-13-27;/h6-11,14H,2-5,12-13H2,1H3,(H,24,25,26);1H. The zero-order valence-electron chi connectivity index (χ0n) is 16.3. The van der Waals surface area contributed by atoms with Crippen LogP contribution in [-0.2, 0) is 0 Å². The molecule has 0 spiro atoms. The van der Waals surface area contributed by atoms with Gasteiger partial charge in [0.15, 0.2) is 5.65 Å². The number of hydrogen-bond acceptors (Lipinski definition) is 4. The van der Waals surface area contributed by atoms with Gasteiger partial charge in [0.25, 0.3) is 5.91 Å². The van der Waals surface area contributed by atoms with Crippen LogP contribution in [0.3, 0.4) is 0 Å². The third-order valence-electron chi connectivity index (χ3n) is 5.11. The Morgan fingerprint density at radius 2 is 1.72 bits per heavy atom. The van der Waals surface area contributed by atoms with E-state index in [2.05, 4.69) is 31.2 Å². The van der Waals surface area contributed by atoms with E-state index < -0.39 is 0 Å². The molecule has 1 N–H and O–H groups in total. The van der Waals surface area contributed by atoms with Crippen LogP contribution >= 0.6 is 28.3 Å². The smallest absolute Gasteiger partial charge is 0.257 e. The van der Waals surface area contributed by atoms with E-state index in [1.54, 1.807) is 6.20 Å². The Kier molecular flexibility index (Phi) is 7.09. The van der Waals surface area contributed by atoms with Crippen LogP contribution in [0.4, 0.5) is 11.4 Å². The Balaban J connectivity index is 0.00000240. The van der Waals surface area contributed by atoms with Crippen molar-refractivity contribution in [1.29, 1.82) is 0 Å². The molecule has 1 aromatic carbocycles. The van der Waals surface area contributed by atoms with Gasteiger partial charge >= 0.3 is 0 Å². The fourth-order valence-electron chi connectivity index (χ4n) is 3.59. The van der Waals surface area contributed by atoms with Crippen molar-refractivity contribution in [3.8, 4) is 0 Å². The monoisotopic (exact) mass is 474 g/mol. The maximum Gasteiger partial charge on any atom is 0.257 e. The fraction of sp³-hybridized carbons (Fsp3) is 0.318. The molecule has 1 saturated heterocycles. The molecule has 1 aliphatic rings. The number of carbonyl (C=O) groups excluding carboxylic acids is 1. The summed E-state index contributed by atoms with van der Waals surface area (Å²) in [5, 5.41) is 4.31. The Labute approximate surface area is 185 Å². The first-order valence-electron chi connectivity index (χ1n) is 9.70. The van der Waals surface area contributed by atoms with Gasteiger partial charge < -0.3 is 10.2 Å². The Morgan fingerprint density at radius 1 is 1.03 bits per heavy atom. The van der Waals surface area contributed by atoms with Crippen molar-refractivity contribution < 1.29 is 4.79 Å². The number of likely N-dealkylation sites (tertiary alicyclic amines) is 1. The lowest BCUT2D eigenvalue weighted by Gasteiger charge is -2.22. The number of aromatic nitrogens is 2. The number of amides is 1. The van der Waals surface area contributed by atoms with Crippen LogP contribution in [0.1, 0.15) is 41.7 Å². The number of fused-ring (bicyclic) bond motifs is 1. The Bertz CT molecular complexity index is 1000. The van der Waals surface area contributed by atoms with Crippen LogP contribution < -0.4 is 5.32 Å². The normalized spacial score (nSPS) is 14.2. The van der Waals surface area contributed by atoms with Gasteiger partial charge in [-0.05, 0) is 56.2 Å². The maximum absolute atomic E-state index is 13.3. The molecule has 1 amide bonds. The minimum Gasteiger partial charge on any atom is -0.354 e. The predicted octanol–water partition coefficient (Wildman–Crippen LogP) is 5.88. The summed E-state index contributed by atoms with van der Waals surface area (Å²) in [5.74, 6) is 0.0384. The van der Waals surface area contributed by atoms with Gasteiger partial charge in [-0.3, -0.25) is 4.79 Å². The largest absolute Gasteiger partial charge is 0.354 e. The summed E-state index contributed by atoms with van der Waals surface area (Å²) >= 11 is 3.47. The van der Waals surface area contributed by atoms with Gasteiger partial charge in [0.05, 0.1) is 11.3 Å². The molecule has 0 unspecified atom stereocenters. The summed E-state index contributed by atoms with van der Waals surface area (Å²) in [4.78, 5) is 24.3. The molecule has 29 heavy (non-hydrogen) atoms. The van der Waals surface area contributed by atoms with Crippen LogP contribution in [0.2, 0.25) is 0 Å². The van der Waals surface area contributed by atoms with Gasteiger partial charge in [-0.25, -0.2) is 9.97 Å². The van der Waals surface area contributed by atoms with Crippen molar-refractivity contribution in [2.24, 2.45) is 0 Å². The first kappa shape index (κ1) is 21.5. The lowest BCUT2D eigenvalue weighted by atomic mass is 10.1. The van der Waals surface area contributed by atoms with Crippen LogP contribution in [0.5, 0.6) is 0 Å². The number of benzene rings is 1. The summed E-state index contributed by atoms with van der Waals surface area (Å²) in [5.41, 5.74) is 3.84. The highest BCUT2D eigenvalue weighted by Crippen LogP contribution is 2.30. The number of nitrogens with one attached hydrogen (secondary N) is 1. The average molecular weight is 476 g/mol. The van der Waals surface area contributed by atoms with E-state index in [1.807, 2.05) is 48.2 Å². The van der Waals surface area contributed by atoms with E-state index in [9.17, 15) is 4.79 Å². The average Bonchev–Trinajstić information content (AvgIpc) is 2.99. The molecule has 0 atom stereocenters. The number of anilines is 2. The van der Waals surface area contributed by atoms with E-state index in [-0.39, 0.29) is 18.3 Å². The molecule has 1 fully saturated rings. The van der Waals surface area contributed by atoms with Crippen LogP contribution in [0.25, 0.3) is 11.0 Å². The predicted molar refractivity (Wildman–Crippen MR) is 123 cm³/mol. The van der Waals surface area contributed by atoms with Crippen LogP contribution in [-0.4, -0.2) is 33.9 Å². The molecule has 1 aliphatic heterocycles. The fourth-order valence-corrected chi connectivity index (χ4v) is 3.85. The van der Waals surface area contributed by atoms with Gasteiger partial charge in [-0.15, -0.1) is 12.4 Å². The first-order valence-corrected chi connectivity index (χ1v) is 10.5. The third-order valence-corrected chi connectivity index (χ3v) is 5.63. The van der Waals surface area contributed by atoms with E-state index in [4.69, 9.17) is 0 Å². The SMILES string of the molecule is Cc1ccc2c(Nc3ccc(Br)cc3)c(C(=O)N3CCCCCC3)cnc2n1.Cl. The van der Waals surface area contributed by atoms with Crippen molar-refractivity contribution in [2.75, 3.05) is 18.4 Å². The van der Waals surface area contributed by atoms with Crippen molar-refractivity contribution in [3.63, 3.8) is 0 Å². The third kappa shape index (κ3) is 4.87. The van der Waals surface area contributed by atoms with E-state index in [0.29, 0.717) is 11.2 Å². The Hall–Kier alpha value is -2.18. The number of pyridine rings is 2. The second-order valence-electron chi connectivity index (χ2n) is 7.21. The minimum absolute atomic E-state index is 0. The number of aryl methyl sites for hydroxylation is 1. The number of hydrogen-bond donors (Lipinski definition) is 1. The molecule has 0 saturated carbocycles. The van der Waals surface area contributed by atoms with Gasteiger partial charge in [-0.1, -0.05) is 28.8 Å². The summed E-state index contributed by atoms with van der Waals surface area (Å²) in [6.07, 6.45) is 6.16. The van der Waals surface area contributed by atoms with Crippen molar-refractivity contribution in [2.45, 2.75) is 32.6 Å². The highest BCUT2D eigenvalue weighted by atomic mass is 79.9. The topological polar surface area (TPSA) is 58.1 Å². The van der Waals surface area contributed by atoms with Crippen LogP contribution in [0, 0.1) is 6.92 Å². The summed E-state index contributed by atoms with van der Waals surface area (Å²) < 4.78 is 1.01. The number of halogens is 2. The molecular formula is C22H24BrClN4O. The van der Waals surface area contributed by atoms with Crippen molar-refractivity contribution in [1.82, 2.24) is 14.9 Å². The number of nitrogens with zero attached hydrogens (tertiary/aromatic N) is 3. The molecule has 2 aromatic heterocycles. The highest BCUT2D eigenvalue weighted by Gasteiger charge is 2.22. The van der Waals surface area contributed by atoms with Crippen LogP contribution in [0.15, 0.2) is 47.1 Å². The summed E-state index contributed by atoms with van der Waals surface area (Å²) in [7, 11) is 0. The zero-order chi connectivity index (χ0) is 19.5. The lowest BCUT2D eigenvalue weighted by Crippen LogP contribution is -2.32. The first-order chi connectivity index (χ1) is 13.6. The van der Waals surface area contributed by atoms with E-state index >= 15 is 0 Å². The number of rotatable bonds is 3. The highest BCUT2D eigenvalue weighted by molar-refractivity contribution is 9.10. The van der Waals surface area contributed by atoms with Crippen molar-refractivity contribution >= 4 is 56.7 Å². The van der Waals surface area contributed by atoms with Gasteiger partial charge in [0.2, 0.25) is 0 Å². The van der Waals surface area contributed by atoms with E-state index in [1.165, 1.54) is 12.8 Å². The molecule has 3 heterocycles. The van der Waals surface area contributed by atoms with Gasteiger partial charge in [0, 0.05) is 40.5 Å². The lowest BCUT2D eigenvalue weighted by molar-refractivity contribution is 0.0762. The molecule has 5 nitrogen and oxygen atoms in total. The molecule has 0 radical (unpaired) electrons. The maximum atomic E-state index is 13.3.